The third-order valence-electron chi connectivity index (χ3n) is 5.18. The fourth-order valence-corrected chi connectivity index (χ4v) is 3.85. The zero-order chi connectivity index (χ0) is 22.9. The van der Waals surface area contributed by atoms with Crippen LogP contribution in [0.5, 0.6) is 5.75 Å². The van der Waals surface area contributed by atoms with Gasteiger partial charge in [-0.15, -0.1) is 13.2 Å². The maximum Gasteiger partial charge on any atom is 0.573 e. The van der Waals surface area contributed by atoms with Gasteiger partial charge in [0.1, 0.15) is 5.75 Å². The summed E-state index contributed by atoms with van der Waals surface area (Å²) in [6, 6.07) is 14.8. The first-order chi connectivity index (χ1) is 15.2. The SMILES string of the molecule is O=C(c1cccc(OC(F)(F)F)c1)N1CCCCN1c1ccc([N+](=O)[O-])c2ccccc12. The number of rotatable bonds is 4. The van der Waals surface area contributed by atoms with Gasteiger partial charge in [-0.3, -0.25) is 19.9 Å². The number of amides is 1. The van der Waals surface area contributed by atoms with Crippen LogP contribution in [0.4, 0.5) is 24.5 Å². The van der Waals surface area contributed by atoms with E-state index in [4.69, 9.17) is 0 Å². The van der Waals surface area contributed by atoms with Crippen LogP contribution in [0.15, 0.2) is 60.7 Å². The number of nitrogens with zero attached hydrogens (tertiary/aromatic N) is 3. The van der Waals surface area contributed by atoms with Crippen molar-refractivity contribution >= 4 is 28.1 Å². The van der Waals surface area contributed by atoms with Gasteiger partial charge in [0.25, 0.3) is 11.6 Å². The van der Waals surface area contributed by atoms with Crippen LogP contribution in [0.2, 0.25) is 0 Å². The van der Waals surface area contributed by atoms with Crippen molar-refractivity contribution in [3.8, 4) is 5.75 Å². The molecular formula is C22H18F3N3O4. The molecule has 0 aliphatic carbocycles. The second kappa shape index (κ2) is 8.37. The van der Waals surface area contributed by atoms with Crippen molar-refractivity contribution in [3.05, 3.63) is 76.3 Å². The molecule has 3 aromatic rings. The summed E-state index contributed by atoms with van der Waals surface area (Å²) < 4.78 is 41.7. The molecular weight excluding hydrogens is 427 g/mol. The highest BCUT2D eigenvalue weighted by molar-refractivity contribution is 6.02. The number of ether oxygens (including phenoxy) is 1. The van der Waals surface area contributed by atoms with E-state index >= 15 is 0 Å². The quantitative estimate of drug-likeness (QED) is 0.402. The van der Waals surface area contributed by atoms with Crippen molar-refractivity contribution in [2.45, 2.75) is 19.2 Å². The van der Waals surface area contributed by atoms with E-state index in [0.29, 0.717) is 36.0 Å². The molecule has 1 heterocycles. The van der Waals surface area contributed by atoms with Gasteiger partial charge < -0.3 is 4.74 Å². The van der Waals surface area contributed by atoms with Crippen LogP contribution in [0.25, 0.3) is 10.8 Å². The molecule has 3 aromatic carbocycles. The number of alkyl halides is 3. The fourth-order valence-electron chi connectivity index (χ4n) is 3.85. The molecule has 10 heteroatoms. The first-order valence-electron chi connectivity index (χ1n) is 9.86. The molecule has 0 N–H and O–H groups in total. The van der Waals surface area contributed by atoms with E-state index in [1.807, 2.05) is 0 Å². The van der Waals surface area contributed by atoms with Crippen molar-refractivity contribution in [1.29, 1.82) is 0 Å². The largest absolute Gasteiger partial charge is 0.573 e. The Kier molecular flexibility index (Phi) is 5.60. The summed E-state index contributed by atoms with van der Waals surface area (Å²) in [6.07, 6.45) is -3.37. The Bertz CT molecular complexity index is 1180. The number of benzene rings is 3. The number of nitro benzene ring substituents is 1. The van der Waals surface area contributed by atoms with Crippen LogP contribution in [0.1, 0.15) is 23.2 Å². The van der Waals surface area contributed by atoms with E-state index in [1.54, 1.807) is 35.3 Å². The van der Waals surface area contributed by atoms with Crippen molar-refractivity contribution in [1.82, 2.24) is 5.01 Å². The minimum atomic E-state index is -4.86. The second-order valence-electron chi connectivity index (χ2n) is 7.24. The Labute approximate surface area is 180 Å². The number of carbonyl (C=O) groups excluding carboxylic acids is 1. The summed E-state index contributed by atoms with van der Waals surface area (Å²) in [6.45, 7) is 0.834. The third-order valence-corrected chi connectivity index (χ3v) is 5.18. The van der Waals surface area contributed by atoms with Crippen LogP contribution in [-0.2, 0) is 0 Å². The molecule has 1 aliphatic rings. The molecule has 0 spiro atoms. The highest BCUT2D eigenvalue weighted by atomic mass is 19.4. The topological polar surface area (TPSA) is 75.9 Å². The van der Waals surface area contributed by atoms with Gasteiger partial charge in [-0.05, 0) is 43.2 Å². The van der Waals surface area contributed by atoms with E-state index in [1.165, 1.54) is 23.2 Å². The Morgan fingerprint density at radius 2 is 1.69 bits per heavy atom. The van der Waals surface area contributed by atoms with Gasteiger partial charge in [0.2, 0.25) is 0 Å². The van der Waals surface area contributed by atoms with Gasteiger partial charge >= 0.3 is 6.36 Å². The maximum absolute atomic E-state index is 13.3. The standard InChI is InChI=1S/C22H18F3N3O4/c23-22(24,25)32-16-7-5-6-15(14-16)21(29)27-13-4-3-12-26(27)19-10-11-20(28(30)31)18-9-2-1-8-17(18)19/h1-2,5-11,14H,3-4,12-13H2. The molecule has 1 saturated heterocycles. The molecule has 0 saturated carbocycles. The summed E-state index contributed by atoms with van der Waals surface area (Å²) in [4.78, 5) is 24.2. The molecule has 1 fully saturated rings. The number of anilines is 1. The lowest BCUT2D eigenvalue weighted by atomic mass is 10.1. The molecule has 4 rings (SSSR count). The first-order valence-corrected chi connectivity index (χ1v) is 9.86. The Balaban J connectivity index is 1.72. The molecule has 0 atom stereocenters. The average Bonchev–Trinajstić information content (AvgIpc) is 2.77. The van der Waals surface area contributed by atoms with Crippen LogP contribution >= 0.6 is 0 Å². The number of hydrogen-bond acceptors (Lipinski definition) is 5. The number of hydrogen-bond donors (Lipinski definition) is 0. The molecule has 1 amide bonds. The van der Waals surface area contributed by atoms with Crippen LogP contribution < -0.4 is 9.75 Å². The first kappa shape index (κ1) is 21.4. The third kappa shape index (κ3) is 4.29. The van der Waals surface area contributed by atoms with E-state index in [2.05, 4.69) is 4.74 Å². The summed E-state index contributed by atoms with van der Waals surface area (Å²) in [5.41, 5.74) is 0.614. The van der Waals surface area contributed by atoms with Crippen molar-refractivity contribution in [2.24, 2.45) is 0 Å². The molecule has 7 nitrogen and oxygen atoms in total. The van der Waals surface area contributed by atoms with Crippen LogP contribution in [0.3, 0.4) is 0 Å². The highest BCUT2D eigenvalue weighted by Gasteiger charge is 2.32. The van der Waals surface area contributed by atoms with Gasteiger partial charge in [-0.1, -0.05) is 24.3 Å². The minimum Gasteiger partial charge on any atom is -0.406 e. The molecule has 1 aliphatic heterocycles. The predicted molar refractivity (Wildman–Crippen MR) is 111 cm³/mol. The molecule has 166 valence electrons. The number of carbonyl (C=O) groups is 1. The Morgan fingerprint density at radius 3 is 2.41 bits per heavy atom. The molecule has 0 bridgehead atoms. The lowest BCUT2D eigenvalue weighted by Gasteiger charge is -2.40. The number of non-ortho nitro benzene ring substituents is 1. The second-order valence-corrected chi connectivity index (χ2v) is 7.24. The van der Waals surface area contributed by atoms with E-state index in [0.717, 1.165) is 18.6 Å². The van der Waals surface area contributed by atoms with Crippen LogP contribution in [-0.4, -0.2) is 35.3 Å². The Morgan fingerprint density at radius 1 is 0.969 bits per heavy atom. The van der Waals surface area contributed by atoms with Crippen molar-refractivity contribution in [2.75, 3.05) is 18.1 Å². The molecule has 0 radical (unpaired) electrons. The number of halogens is 3. The van der Waals surface area contributed by atoms with Crippen molar-refractivity contribution < 1.29 is 27.6 Å². The van der Waals surface area contributed by atoms with Gasteiger partial charge in [-0.2, -0.15) is 0 Å². The monoisotopic (exact) mass is 445 g/mol. The molecule has 0 aromatic heterocycles. The van der Waals surface area contributed by atoms with Crippen LogP contribution in [0, 0.1) is 10.1 Å². The summed E-state index contributed by atoms with van der Waals surface area (Å²) in [5, 5.41) is 15.7. The van der Waals surface area contributed by atoms with Gasteiger partial charge in [0.15, 0.2) is 0 Å². The van der Waals surface area contributed by atoms with E-state index in [9.17, 15) is 28.1 Å². The minimum absolute atomic E-state index is 0.0452. The lowest BCUT2D eigenvalue weighted by Crippen LogP contribution is -2.50. The summed E-state index contributed by atoms with van der Waals surface area (Å²) in [7, 11) is 0. The highest BCUT2D eigenvalue weighted by Crippen LogP contribution is 2.35. The number of hydrazine groups is 1. The number of fused-ring (bicyclic) bond motifs is 1. The molecule has 32 heavy (non-hydrogen) atoms. The zero-order valence-corrected chi connectivity index (χ0v) is 16.7. The van der Waals surface area contributed by atoms with E-state index < -0.39 is 22.9 Å². The van der Waals surface area contributed by atoms with Crippen molar-refractivity contribution in [3.63, 3.8) is 0 Å². The van der Waals surface area contributed by atoms with Gasteiger partial charge in [0, 0.05) is 30.1 Å². The summed E-state index contributed by atoms with van der Waals surface area (Å²) >= 11 is 0. The maximum atomic E-state index is 13.3. The normalized spacial score (nSPS) is 14.5. The van der Waals surface area contributed by atoms with E-state index in [-0.39, 0.29) is 11.3 Å². The smallest absolute Gasteiger partial charge is 0.406 e. The Hall–Kier alpha value is -3.82. The van der Waals surface area contributed by atoms with Gasteiger partial charge in [-0.25, -0.2) is 5.01 Å². The fraction of sp³-hybridized carbons (Fsp3) is 0.227. The predicted octanol–water partition coefficient (Wildman–Crippen LogP) is 5.30. The molecule has 0 unspecified atom stereocenters. The lowest BCUT2D eigenvalue weighted by molar-refractivity contribution is -0.383. The average molecular weight is 445 g/mol. The summed E-state index contributed by atoms with van der Waals surface area (Å²) in [5.74, 6) is -0.965. The zero-order valence-electron chi connectivity index (χ0n) is 16.7. The van der Waals surface area contributed by atoms with Gasteiger partial charge in [0.05, 0.1) is 16.0 Å². The number of nitro groups is 1.